The van der Waals surface area contributed by atoms with E-state index in [9.17, 15) is 9.59 Å². The van der Waals surface area contributed by atoms with Crippen LogP contribution >= 0.6 is 0 Å². The van der Waals surface area contributed by atoms with Crippen molar-refractivity contribution in [2.45, 2.75) is 0 Å². The molecule has 3 amide bonds. The van der Waals surface area contributed by atoms with Gasteiger partial charge in [0, 0.05) is 35.7 Å². The van der Waals surface area contributed by atoms with Crippen molar-refractivity contribution in [1.29, 1.82) is 0 Å². The van der Waals surface area contributed by atoms with Gasteiger partial charge in [0.25, 0.3) is 5.91 Å². The van der Waals surface area contributed by atoms with Crippen LogP contribution in [0.1, 0.15) is 0 Å². The number of para-hydroxylation sites is 1. The summed E-state index contributed by atoms with van der Waals surface area (Å²) < 4.78 is 12.8. The van der Waals surface area contributed by atoms with Gasteiger partial charge in [-0.15, -0.1) is 0 Å². The number of rotatable bonds is 9. The third-order valence-electron chi connectivity index (χ3n) is 6.68. The number of nitrogens with one attached hydrogen (secondary N) is 3. The number of carbonyl (C=O) groups excluding carboxylic acids is 2. The van der Waals surface area contributed by atoms with Gasteiger partial charge in [0.1, 0.15) is 18.2 Å². The number of carbonyl (C=O) groups is 2. The van der Waals surface area contributed by atoms with E-state index in [0.29, 0.717) is 23.0 Å². The Morgan fingerprint density at radius 1 is 0.750 bits per heavy atom. The number of hydrogen-bond donors (Lipinski definition) is 3. The Kier molecular flexibility index (Phi) is 8.24. The van der Waals surface area contributed by atoms with Gasteiger partial charge in [0.15, 0.2) is 11.6 Å². The van der Waals surface area contributed by atoms with Crippen LogP contribution in [0.15, 0.2) is 121 Å². The van der Waals surface area contributed by atoms with E-state index >= 15 is 0 Å². The molecule has 10 heteroatoms. The highest BCUT2D eigenvalue weighted by Gasteiger charge is 2.17. The quantitative estimate of drug-likeness (QED) is 0.167. The first kappa shape index (κ1) is 28.1. The molecule has 10 nitrogen and oxygen atoms in total. The first-order valence-electron chi connectivity index (χ1n) is 13.8. The van der Waals surface area contributed by atoms with Gasteiger partial charge in [0.05, 0.1) is 17.1 Å². The fourth-order valence-corrected chi connectivity index (χ4v) is 4.71. The number of anilines is 3. The summed E-state index contributed by atoms with van der Waals surface area (Å²) >= 11 is 0. The molecule has 218 valence electrons. The molecule has 44 heavy (non-hydrogen) atoms. The summed E-state index contributed by atoms with van der Waals surface area (Å²) in [6.07, 6.45) is 1.56. The van der Waals surface area contributed by atoms with Crippen molar-refractivity contribution in [3.05, 3.63) is 121 Å². The maximum absolute atomic E-state index is 13.4. The lowest BCUT2D eigenvalue weighted by molar-refractivity contribution is -0.119. The van der Waals surface area contributed by atoms with Crippen LogP contribution in [0.4, 0.5) is 22.1 Å². The molecule has 0 spiro atoms. The topological polar surface area (TPSA) is 119 Å². The lowest BCUT2D eigenvalue weighted by Crippen LogP contribution is -2.21. The van der Waals surface area contributed by atoms with Gasteiger partial charge in [0.2, 0.25) is 0 Å². The first-order valence-corrected chi connectivity index (χ1v) is 13.8. The summed E-state index contributed by atoms with van der Waals surface area (Å²) in [5.74, 6) is 1.32. The molecule has 0 saturated carbocycles. The molecule has 0 aliphatic heterocycles. The predicted molar refractivity (Wildman–Crippen MR) is 170 cm³/mol. The number of fused-ring (bicyclic) bond motifs is 1. The van der Waals surface area contributed by atoms with E-state index in [4.69, 9.17) is 14.6 Å². The zero-order chi connectivity index (χ0) is 30.3. The van der Waals surface area contributed by atoms with Crippen molar-refractivity contribution in [1.82, 2.24) is 14.8 Å². The molecule has 0 radical (unpaired) electrons. The second kappa shape index (κ2) is 12.9. The SMILES string of the molecule is COCC(=O)Nc1ncccc1Oc1ccc(NC(=O)Nc2cc(-c3ccccc3)nn2-c2ccccc2)c2ccccc12. The summed E-state index contributed by atoms with van der Waals surface area (Å²) in [6, 6.07) is 35.3. The molecule has 0 unspecified atom stereocenters. The molecule has 6 rings (SSSR count). The molecule has 6 aromatic rings. The van der Waals surface area contributed by atoms with E-state index in [2.05, 4.69) is 20.9 Å². The summed E-state index contributed by atoms with van der Waals surface area (Å²) in [4.78, 5) is 29.7. The Morgan fingerprint density at radius 3 is 2.25 bits per heavy atom. The number of ether oxygens (including phenoxy) is 2. The summed E-state index contributed by atoms with van der Waals surface area (Å²) in [5.41, 5.74) is 3.05. The highest BCUT2D eigenvalue weighted by Crippen LogP contribution is 2.36. The van der Waals surface area contributed by atoms with Crippen molar-refractivity contribution in [3.8, 4) is 28.4 Å². The molecular formula is C34H28N6O4. The van der Waals surface area contributed by atoms with Crippen LogP contribution in [0.2, 0.25) is 0 Å². The Labute approximate surface area is 253 Å². The largest absolute Gasteiger partial charge is 0.453 e. The van der Waals surface area contributed by atoms with Crippen molar-refractivity contribution in [3.63, 3.8) is 0 Å². The van der Waals surface area contributed by atoms with Crippen LogP contribution in [-0.4, -0.2) is 40.4 Å². The minimum Gasteiger partial charge on any atom is -0.453 e. The minimum atomic E-state index is -0.434. The van der Waals surface area contributed by atoms with Gasteiger partial charge in [-0.2, -0.15) is 5.10 Å². The van der Waals surface area contributed by atoms with Gasteiger partial charge in [-0.25, -0.2) is 14.5 Å². The van der Waals surface area contributed by atoms with Gasteiger partial charge in [-0.1, -0.05) is 72.8 Å². The van der Waals surface area contributed by atoms with E-state index in [1.165, 1.54) is 7.11 Å². The fraction of sp³-hybridized carbons (Fsp3) is 0.0588. The lowest BCUT2D eigenvalue weighted by Gasteiger charge is -2.15. The van der Waals surface area contributed by atoms with E-state index in [1.54, 1.807) is 35.1 Å². The Hall–Kier alpha value is -6.00. The molecule has 0 fully saturated rings. The predicted octanol–water partition coefficient (Wildman–Crippen LogP) is 7.11. The van der Waals surface area contributed by atoms with Gasteiger partial charge in [-0.3, -0.25) is 10.1 Å². The van der Waals surface area contributed by atoms with Crippen LogP contribution < -0.4 is 20.7 Å². The fourth-order valence-electron chi connectivity index (χ4n) is 4.71. The third kappa shape index (κ3) is 6.25. The zero-order valence-corrected chi connectivity index (χ0v) is 23.7. The molecule has 0 aliphatic rings. The second-order valence-corrected chi connectivity index (χ2v) is 9.70. The average Bonchev–Trinajstić information content (AvgIpc) is 3.47. The molecule has 2 heterocycles. The molecule has 0 aliphatic carbocycles. The molecular weight excluding hydrogens is 556 g/mol. The maximum Gasteiger partial charge on any atom is 0.324 e. The standard InChI is InChI=1S/C34H28N6O4/c1-43-22-32(41)38-33-30(17-10-20-35-33)44-29-19-18-27(25-15-8-9-16-26(25)29)36-34(42)37-31-21-28(23-11-4-2-5-12-23)39-40(31)24-13-6-3-7-14-24/h2-21H,22H2,1H3,(H,35,38,41)(H2,36,37,42). The number of amides is 3. The second-order valence-electron chi connectivity index (χ2n) is 9.70. The van der Waals surface area contributed by atoms with E-state index in [-0.39, 0.29) is 18.3 Å². The summed E-state index contributed by atoms with van der Waals surface area (Å²) in [7, 11) is 1.44. The third-order valence-corrected chi connectivity index (χ3v) is 6.68. The molecule has 0 bridgehead atoms. The molecule has 3 N–H and O–H groups in total. The van der Waals surface area contributed by atoms with Crippen LogP contribution in [0.3, 0.4) is 0 Å². The maximum atomic E-state index is 13.4. The number of benzene rings is 4. The normalized spacial score (nSPS) is 10.8. The summed E-state index contributed by atoms with van der Waals surface area (Å²) in [5, 5.41) is 14.9. The van der Waals surface area contributed by atoms with E-state index in [0.717, 1.165) is 27.7 Å². The van der Waals surface area contributed by atoms with Gasteiger partial charge in [-0.05, 0) is 36.4 Å². The van der Waals surface area contributed by atoms with Crippen molar-refractivity contribution in [2.24, 2.45) is 0 Å². The molecule has 4 aromatic carbocycles. The van der Waals surface area contributed by atoms with Gasteiger partial charge < -0.3 is 20.1 Å². The number of methoxy groups -OCH3 is 1. The first-order chi connectivity index (χ1) is 21.6. The number of pyridine rings is 1. The van der Waals surface area contributed by atoms with Crippen LogP contribution in [0.25, 0.3) is 27.7 Å². The molecule has 2 aromatic heterocycles. The minimum absolute atomic E-state index is 0.110. The smallest absolute Gasteiger partial charge is 0.324 e. The van der Waals surface area contributed by atoms with Crippen LogP contribution in [0, 0.1) is 0 Å². The van der Waals surface area contributed by atoms with Crippen molar-refractivity contribution in [2.75, 3.05) is 29.7 Å². The van der Waals surface area contributed by atoms with Crippen LogP contribution in [-0.2, 0) is 9.53 Å². The highest BCUT2D eigenvalue weighted by molar-refractivity contribution is 6.07. The summed E-state index contributed by atoms with van der Waals surface area (Å²) in [6.45, 7) is -0.110. The Balaban J connectivity index is 1.26. The van der Waals surface area contributed by atoms with Gasteiger partial charge >= 0.3 is 6.03 Å². The van der Waals surface area contributed by atoms with Crippen molar-refractivity contribution >= 4 is 40.0 Å². The number of hydrogen-bond acceptors (Lipinski definition) is 6. The van der Waals surface area contributed by atoms with Crippen molar-refractivity contribution < 1.29 is 19.1 Å². The lowest BCUT2D eigenvalue weighted by atomic mass is 10.1. The number of nitrogens with zero attached hydrogens (tertiary/aromatic N) is 3. The number of aromatic nitrogens is 3. The Morgan fingerprint density at radius 2 is 1.48 bits per heavy atom. The van der Waals surface area contributed by atoms with E-state index in [1.807, 2.05) is 91.0 Å². The highest BCUT2D eigenvalue weighted by atomic mass is 16.5. The Bertz CT molecular complexity index is 1930. The van der Waals surface area contributed by atoms with Crippen LogP contribution in [0.5, 0.6) is 11.5 Å². The van der Waals surface area contributed by atoms with E-state index < -0.39 is 6.03 Å². The monoisotopic (exact) mass is 584 g/mol. The average molecular weight is 585 g/mol. The number of urea groups is 1. The zero-order valence-electron chi connectivity index (χ0n) is 23.7. The molecule has 0 atom stereocenters. The molecule has 0 saturated heterocycles.